The molecule has 1 aliphatic heterocycles. The SMILES string of the molecule is N/C=C1\NC(=O)C(c2ccc(O)cc2)NC1=O. The lowest BCUT2D eigenvalue weighted by molar-refractivity contribution is -0.131. The molecule has 1 unspecified atom stereocenters. The van der Waals surface area contributed by atoms with Gasteiger partial charge in [-0.25, -0.2) is 0 Å². The molecule has 1 atom stereocenters. The Morgan fingerprint density at radius 3 is 2.47 bits per heavy atom. The first-order chi connectivity index (χ1) is 8.11. The van der Waals surface area contributed by atoms with E-state index in [4.69, 9.17) is 10.8 Å². The van der Waals surface area contributed by atoms with Crippen molar-refractivity contribution in [2.75, 3.05) is 0 Å². The molecule has 17 heavy (non-hydrogen) atoms. The van der Waals surface area contributed by atoms with Crippen molar-refractivity contribution in [2.45, 2.75) is 6.04 Å². The molecule has 1 heterocycles. The number of aromatic hydroxyl groups is 1. The lowest BCUT2D eigenvalue weighted by Crippen LogP contribution is -2.49. The van der Waals surface area contributed by atoms with Gasteiger partial charge in [0.15, 0.2) is 0 Å². The predicted molar refractivity (Wildman–Crippen MR) is 59.4 cm³/mol. The van der Waals surface area contributed by atoms with Crippen LogP contribution in [0.2, 0.25) is 0 Å². The van der Waals surface area contributed by atoms with E-state index in [0.29, 0.717) is 5.56 Å². The number of phenols is 1. The molecular formula is C11H11N3O3. The smallest absolute Gasteiger partial charge is 0.270 e. The first-order valence-electron chi connectivity index (χ1n) is 4.94. The molecule has 0 bridgehead atoms. The number of benzene rings is 1. The van der Waals surface area contributed by atoms with E-state index in [9.17, 15) is 9.59 Å². The van der Waals surface area contributed by atoms with Gasteiger partial charge in [0.1, 0.15) is 17.5 Å². The Morgan fingerprint density at radius 1 is 1.24 bits per heavy atom. The van der Waals surface area contributed by atoms with E-state index in [1.165, 1.54) is 12.1 Å². The molecule has 1 aromatic carbocycles. The highest BCUT2D eigenvalue weighted by Gasteiger charge is 2.30. The lowest BCUT2D eigenvalue weighted by Gasteiger charge is -2.24. The van der Waals surface area contributed by atoms with Gasteiger partial charge in [-0.3, -0.25) is 9.59 Å². The normalized spacial score (nSPS) is 22.1. The average molecular weight is 233 g/mol. The van der Waals surface area contributed by atoms with Crippen molar-refractivity contribution in [3.05, 3.63) is 41.7 Å². The molecule has 6 nitrogen and oxygen atoms in total. The number of phenolic OH excluding ortho intramolecular Hbond substituents is 1. The lowest BCUT2D eigenvalue weighted by atomic mass is 10.0. The second-order valence-corrected chi connectivity index (χ2v) is 3.57. The van der Waals surface area contributed by atoms with Crippen molar-refractivity contribution in [1.29, 1.82) is 0 Å². The number of amides is 2. The summed E-state index contributed by atoms with van der Waals surface area (Å²) in [6.45, 7) is 0. The molecule has 0 aliphatic carbocycles. The zero-order chi connectivity index (χ0) is 12.4. The van der Waals surface area contributed by atoms with E-state index in [-0.39, 0.29) is 17.4 Å². The second kappa shape index (κ2) is 4.17. The van der Waals surface area contributed by atoms with Gasteiger partial charge in [0.2, 0.25) is 0 Å². The highest BCUT2D eigenvalue weighted by atomic mass is 16.3. The Labute approximate surface area is 97.1 Å². The van der Waals surface area contributed by atoms with E-state index in [1.54, 1.807) is 12.1 Å². The maximum absolute atomic E-state index is 11.7. The Morgan fingerprint density at radius 2 is 1.88 bits per heavy atom. The minimum absolute atomic E-state index is 0.0324. The summed E-state index contributed by atoms with van der Waals surface area (Å²) in [7, 11) is 0. The average Bonchev–Trinajstić information content (AvgIpc) is 2.33. The minimum Gasteiger partial charge on any atom is -0.508 e. The van der Waals surface area contributed by atoms with E-state index in [1.807, 2.05) is 0 Å². The summed E-state index contributed by atoms with van der Waals surface area (Å²) in [6.07, 6.45) is 1.04. The number of nitrogens with one attached hydrogen (secondary N) is 2. The minimum atomic E-state index is -0.771. The Bertz CT molecular complexity index is 493. The zero-order valence-corrected chi connectivity index (χ0v) is 8.81. The fraction of sp³-hybridized carbons (Fsp3) is 0.0909. The molecule has 0 radical (unpaired) electrons. The van der Waals surface area contributed by atoms with Gasteiger partial charge >= 0.3 is 0 Å². The molecule has 0 spiro atoms. The monoisotopic (exact) mass is 233 g/mol. The van der Waals surface area contributed by atoms with Crippen LogP contribution in [0.3, 0.4) is 0 Å². The third-order valence-corrected chi connectivity index (χ3v) is 2.43. The summed E-state index contributed by atoms with van der Waals surface area (Å²) < 4.78 is 0. The molecule has 6 heteroatoms. The quantitative estimate of drug-likeness (QED) is 0.490. The van der Waals surface area contributed by atoms with Crippen LogP contribution < -0.4 is 16.4 Å². The van der Waals surface area contributed by atoms with Crippen LogP contribution in [-0.4, -0.2) is 16.9 Å². The molecule has 5 N–H and O–H groups in total. The van der Waals surface area contributed by atoms with E-state index in [2.05, 4.69) is 10.6 Å². The van der Waals surface area contributed by atoms with Gasteiger partial charge in [-0.05, 0) is 17.7 Å². The Balaban J connectivity index is 2.26. The molecular weight excluding hydrogens is 222 g/mol. The number of nitrogens with two attached hydrogens (primary N) is 1. The fourth-order valence-electron chi connectivity index (χ4n) is 1.55. The number of hydrogen-bond acceptors (Lipinski definition) is 4. The highest BCUT2D eigenvalue weighted by molar-refractivity contribution is 6.04. The van der Waals surface area contributed by atoms with E-state index in [0.717, 1.165) is 6.20 Å². The summed E-state index contributed by atoms with van der Waals surface area (Å²) in [5, 5.41) is 14.1. The third-order valence-electron chi connectivity index (χ3n) is 2.43. The van der Waals surface area contributed by atoms with Crippen molar-refractivity contribution in [3.8, 4) is 5.75 Å². The van der Waals surface area contributed by atoms with E-state index >= 15 is 0 Å². The molecule has 1 fully saturated rings. The van der Waals surface area contributed by atoms with Gasteiger partial charge in [0.05, 0.1) is 0 Å². The number of rotatable bonds is 1. The van der Waals surface area contributed by atoms with Gasteiger partial charge < -0.3 is 21.5 Å². The van der Waals surface area contributed by atoms with Crippen LogP contribution in [0.25, 0.3) is 0 Å². The molecule has 88 valence electrons. The van der Waals surface area contributed by atoms with Crippen molar-refractivity contribution in [2.24, 2.45) is 5.73 Å². The van der Waals surface area contributed by atoms with Crippen molar-refractivity contribution < 1.29 is 14.7 Å². The Hall–Kier alpha value is -2.50. The van der Waals surface area contributed by atoms with Crippen LogP contribution in [0.15, 0.2) is 36.2 Å². The topological polar surface area (TPSA) is 104 Å². The molecule has 1 saturated heterocycles. The predicted octanol–water partition coefficient (Wildman–Crippen LogP) is -0.521. The van der Waals surface area contributed by atoms with Crippen LogP contribution in [0.5, 0.6) is 5.75 Å². The van der Waals surface area contributed by atoms with Gasteiger partial charge in [-0.15, -0.1) is 0 Å². The van der Waals surface area contributed by atoms with Crippen molar-refractivity contribution in [3.63, 3.8) is 0 Å². The number of piperazine rings is 1. The molecule has 0 saturated carbocycles. The number of hydrogen-bond donors (Lipinski definition) is 4. The van der Waals surface area contributed by atoms with Crippen LogP contribution in [0.1, 0.15) is 11.6 Å². The highest BCUT2D eigenvalue weighted by Crippen LogP contribution is 2.19. The zero-order valence-electron chi connectivity index (χ0n) is 8.81. The van der Waals surface area contributed by atoms with Crippen molar-refractivity contribution in [1.82, 2.24) is 10.6 Å². The Kier molecular flexibility index (Phi) is 2.70. The third kappa shape index (κ3) is 2.05. The maximum Gasteiger partial charge on any atom is 0.270 e. The van der Waals surface area contributed by atoms with Crippen LogP contribution >= 0.6 is 0 Å². The maximum atomic E-state index is 11.7. The van der Waals surface area contributed by atoms with Gasteiger partial charge in [-0.2, -0.15) is 0 Å². The summed E-state index contributed by atoms with van der Waals surface area (Å²) in [5.74, 6) is -0.712. The molecule has 1 aliphatic rings. The summed E-state index contributed by atoms with van der Waals surface area (Å²) >= 11 is 0. The molecule has 0 aromatic heterocycles. The largest absolute Gasteiger partial charge is 0.508 e. The number of carbonyl (C=O) groups is 2. The summed E-state index contributed by atoms with van der Waals surface area (Å²) in [4.78, 5) is 23.2. The second-order valence-electron chi connectivity index (χ2n) is 3.57. The summed E-state index contributed by atoms with van der Waals surface area (Å²) in [6, 6.07) is 5.26. The number of carbonyl (C=O) groups excluding carboxylic acids is 2. The van der Waals surface area contributed by atoms with Gasteiger partial charge in [0, 0.05) is 6.20 Å². The van der Waals surface area contributed by atoms with Crippen LogP contribution in [0, 0.1) is 0 Å². The first kappa shape index (κ1) is 11.0. The first-order valence-corrected chi connectivity index (χ1v) is 4.94. The molecule has 2 amide bonds. The fourth-order valence-corrected chi connectivity index (χ4v) is 1.55. The molecule has 1 aromatic rings. The van der Waals surface area contributed by atoms with Crippen molar-refractivity contribution >= 4 is 11.8 Å². The van der Waals surface area contributed by atoms with Crippen LogP contribution in [0.4, 0.5) is 0 Å². The standard InChI is InChI=1S/C11H11N3O3/c12-5-8-10(16)14-9(11(17)13-8)6-1-3-7(15)4-2-6/h1-5,9,15H,12H2,(H,13,17)(H,14,16)/b8-5-. The van der Waals surface area contributed by atoms with Crippen LogP contribution in [-0.2, 0) is 9.59 Å². The van der Waals surface area contributed by atoms with Gasteiger partial charge in [0.25, 0.3) is 11.8 Å². The molecule has 2 rings (SSSR count). The summed E-state index contributed by atoms with van der Waals surface area (Å²) in [5.41, 5.74) is 5.81. The van der Waals surface area contributed by atoms with E-state index < -0.39 is 11.9 Å². The van der Waals surface area contributed by atoms with Gasteiger partial charge in [-0.1, -0.05) is 12.1 Å².